The fraction of sp³-hybridized carbons (Fsp3) is 1.00. The van der Waals surface area contributed by atoms with Crippen LogP contribution in [0.5, 0.6) is 0 Å². The smallest absolute Gasteiger partial charge is 0.112 e. The minimum atomic E-state index is -0.738. The fourth-order valence-corrected chi connectivity index (χ4v) is 1.61. The molecule has 0 aromatic carbocycles. The van der Waals surface area contributed by atoms with E-state index in [9.17, 15) is 4.39 Å². The molecule has 0 saturated carbocycles. The quantitative estimate of drug-likeness (QED) is 0.671. The maximum atomic E-state index is 12.8. The summed E-state index contributed by atoms with van der Waals surface area (Å²) in [6.07, 6.45) is 3.37. The Labute approximate surface area is 75.4 Å². The topological polar surface area (TPSA) is 9.23 Å². The number of rotatable bonds is 3. The first-order valence-electron chi connectivity index (χ1n) is 4.14. The van der Waals surface area contributed by atoms with Gasteiger partial charge in [-0.2, -0.15) is 0 Å². The van der Waals surface area contributed by atoms with E-state index in [0.29, 0.717) is 11.8 Å². The maximum Gasteiger partial charge on any atom is 0.112 e. The van der Waals surface area contributed by atoms with E-state index in [-0.39, 0.29) is 6.10 Å². The van der Waals surface area contributed by atoms with Crippen molar-refractivity contribution >= 4 is 15.9 Å². The van der Waals surface area contributed by atoms with E-state index in [2.05, 4.69) is 15.9 Å². The van der Waals surface area contributed by atoms with Crippen LogP contribution in [-0.4, -0.2) is 24.2 Å². The lowest BCUT2D eigenvalue weighted by molar-refractivity contribution is 0.0000546. The summed E-state index contributed by atoms with van der Waals surface area (Å²) in [5.74, 6) is 0. The summed E-state index contributed by atoms with van der Waals surface area (Å²) in [5.41, 5.74) is 0. The predicted octanol–water partition coefficient (Wildman–Crippen LogP) is 2.68. The molecular formula is C8H14BrFO. The van der Waals surface area contributed by atoms with E-state index in [0.717, 1.165) is 19.4 Å². The molecule has 1 fully saturated rings. The fourth-order valence-electron chi connectivity index (χ4n) is 1.34. The molecule has 2 atom stereocenters. The molecule has 1 heterocycles. The monoisotopic (exact) mass is 224 g/mol. The van der Waals surface area contributed by atoms with Crippen molar-refractivity contribution in [1.82, 2.24) is 0 Å². The second-order valence-corrected chi connectivity index (χ2v) is 3.62. The lowest BCUT2D eigenvalue weighted by Crippen LogP contribution is -2.23. The molecule has 0 amide bonds. The van der Waals surface area contributed by atoms with E-state index in [1.54, 1.807) is 0 Å². The third-order valence-corrected chi connectivity index (χ3v) is 2.66. The third-order valence-electron chi connectivity index (χ3n) is 1.96. The summed E-state index contributed by atoms with van der Waals surface area (Å²) in [5, 5.41) is 0.437. The van der Waals surface area contributed by atoms with Gasteiger partial charge in [-0.3, -0.25) is 0 Å². The lowest BCUT2D eigenvalue weighted by Gasteiger charge is -2.23. The van der Waals surface area contributed by atoms with Crippen molar-refractivity contribution < 1.29 is 9.13 Å². The highest BCUT2D eigenvalue weighted by Gasteiger charge is 2.17. The van der Waals surface area contributed by atoms with Crippen LogP contribution < -0.4 is 0 Å². The third kappa shape index (κ3) is 3.52. The van der Waals surface area contributed by atoms with Crippen molar-refractivity contribution in [3.05, 3.63) is 0 Å². The van der Waals surface area contributed by atoms with Gasteiger partial charge >= 0.3 is 0 Å². The molecule has 11 heavy (non-hydrogen) atoms. The van der Waals surface area contributed by atoms with Gasteiger partial charge in [0.25, 0.3) is 0 Å². The summed E-state index contributed by atoms with van der Waals surface area (Å²) in [6.45, 7) is 0.819. The van der Waals surface area contributed by atoms with Gasteiger partial charge in [0.15, 0.2) is 0 Å². The molecular weight excluding hydrogens is 211 g/mol. The van der Waals surface area contributed by atoms with Gasteiger partial charge in [0, 0.05) is 18.4 Å². The zero-order valence-corrected chi connectivity index (χ0v) is 8.15. The Morgan fingerprint density at radius 3 is 2.91 bits per heavy atom. The van der Waals surface area contributed by atoms with Gasteiger partial charge in [-0.15, -0.1) is 0 Å². The van der Waals surface area contributed by atoms with E-state index in [4.69, 9.17) is 4.74 Å². The molecule has 0 aromatic heterocycles. The van der Waals surface area contributed by atoms with Crippen LogP contribution in [0.1, 0.15) is 25.7 Å². The number of hydrogen-bond donors (Lipinski definition) is 0. The molecule has 0 N–H and O–H groups in total. The van der Waals surface area contributed by atoms with Crippen molar-refractivity contribution in [2.24, 2.45) is 0 Å². The number of alkyl halides is 2. The Balaban J connectivity index is 2.13. The van der Waals surface area contributed by atoms with Crippen LogP contribution in [0.15, 0.2) is 0 Å². The molecule has 1 nitrogen and oxygen atoms in total. The van der Waals surface area contributed by atoms with Crippen molar-refractivity contribution in [3.8, 4) is 0 Å². The first-order chi connectivity index (χ1) is 5.33. The van der Waals surface area contributed by atoms with Crippen LogP contribution in [0.3, 0.4) is 0 Å². The highest BCUT2D eigenvalue weighted by molar-refractivity contribution is 9.09. The van der Waals surface area contributed by atoms with Crippen molar-refractivity contribution in [2.75, 3.05) is 11.9 Å². The predicted molar refractivity (Wildman–Crippen MR) is 46.9 cm³/mol. The summed E-state index contributed by atoms with van der Waals surface area (Å²) in [7, 11) is 0. The van der Waals surface area contributed by atoms with Gasteiger partial charge in [0.05, 0.1) is 6.10 Å². The second kappa shape index (κ2) is 5.09. The highest BCUT2D eigenvalue weighted by atomic mass is 79.9. The molecule has 66 valence electrons. The first kappa shape index (κ1) is 9.46. The largest absolute Gasteiger partial charge is 0.378 e. The van der Waals surface area contributed by atoms with Gasteiger partial charge in [-0.25, -0.2) is 4.39 Å². The molecule has 0 aromatic rings. The first-order valence-corrected chi connectivity index (χ1v) is 5.26. The molecule has 0 bridgehead atoms. The molecule has 1 saturated heterocycles. The van der Waals surface area contributed by atoms with E-state index < -0.39 is 6.17 Å². The van der Waals surface area contributed by atoms with E-state index in [1.165, 1.54) is 6.42 Å². The lowest BCUT2D eigenvalue weighted by atomic mass is 10.0. The van der Waals surface area contributed by atoms with Crippen molar-refractivity contribution in [1.29, 1.82) is 0 Å². The Kier molecular flexibility index (Phi) is 4.38. The number of hydrogen-bond acceptors (Lipinski definition) is 1. The Hall–Kier alpha value is 0.370. The van der Waals surface area contributed by atoms with Crippen molar-refractivity contribution in [3.63, 3.8) is 0 Å². The normalized spacial score (nSPS) is 28.4. The van der Waals surface area contributed by atoms with Crippen LogP contribution in [0.4, 0.5) is 4.39 Å². The number of ether oxygens (including phenoxy) is 1. The van der Waals surface area contributed by atoms with Gasteiger partial charge < -0.3 is 4.74 Å². The van der Waals surface area contributed by atoms with Crippen LogP contribution in [0, 0.1) is 0 Å². The SMILES string of the molecule is F[C@@H](CBr)C[C@H]1CCCCO1. The van der Waals surface area contributed by atoms with Crippen LogP contribution in [0.2, 0.25) is 0 Å². The standard InChI is InChI=1S/C8H14BrFO/c9-6-7(10)5-8-3-1-2-4-11-8/h7-8H,1-6H2/t7-,8-/m1/s1. The summed E-state index contributed by atoms with van der Waals surface area (Å²) < 4.78 is 18.2. The zero-order valence-electron chi connectivity index (χ0n) is 6.56. The highest BCUT2D eigenvalue weighted by Crippen LogP contribution is 2.18. The van der Waals surface area contributed by atoms with Crippen LogP contribution >= 0.6 is 15.9 Å². The Morgan fingerprint density at radius 2 is 2.36 bits per heavy atom. The molecule has 0 aliphatic carbocycles. The summed E-state index contributed by atoms with van der Waals surface area (Å²) in [4.78, 5) is 0. The number of halogens is 2. The van der Waals surface area contributed by atoms with Gasteiger partial charge in [-0.1, -0.05) is 15.9 Å². The van der Waals surface area contributed by atoms with E-state index in [1.807, 2.05) is 0 Å². The minimum absolute atomic E-state index is 0.177. The van der Waals surface area contributed by atoms with Gasteiger partial charge in [0.1, 0.15) is 6.17 Å². The van der Waals surface area contributed by atoms with Crippen LogP contribution in [0.25, 0.3) is 0 Å². The molecule has 1 aliphatic heterocycles. The van der Waals surface area contributed by atoms with Gasteiger partial charge in [-0.05, 0) is 19.3 Å². The molecule has 3 heteroatoms. The average molecular weight is 225 g/mol. The Morgan fingerprint density at radius 1 is 1.55 bits per heavy atom. The molecule has 0 radical (unpaired) electrons. The van der Waals surface area contributed by atoms with Crippen molar-refractivity contribution in [2.45, 2.75) is 38.0 Å². The molecule has 0 unspecified atom stereocenters. The van der Waals surface area contributed by atoms with Gasteiger partial charge in [0.2, 0.25) is 0 Å². The second-order valence-electron chi connectivity index (χ2n) is 2.98. The molecule has 0 spiro atoms. The molecule has 1 aliphatic rings. The Bertz CT molecular complexity index is 104. The average Bonchev–Trinajstić information content (AvgIpc) is 2.06. The summed E-state index contributed by atoms with van der Waals surface area (Å²) >= 11 is 3.11. The molecule has 1 rings (SSSR count). The minimum Gasteiger partial charge on any atom is -0.378 e. The maximum absolute atomic E-state index is 12.8. The van der Waals surface area contributed by atoms with E-state index >= 15 is 0 Å². The summed E-state index contributed by atoms with van der Waals surface area (Å²) in [6, 6.07) is 0. The van der Waals surface area contributed by atoms with Crippen LogP contribution in [-0.2, 0) is 4.74 Å². The zero-order chi connectivity index (χ0) is 8.10.